The van der Waals surface area contributed by atoms with Gasteiger partial charge in [0.25, 0.3) is 0 Å². The molecule has 6 heteroatoms. The van der Waals surface area contributed by atoms with Gasteiger partial charge in [-0.25, -0.2) is 13.1 Å². The highest BCUT2D eigenvalue weighted by Crippen LogP contribution is 2.23. The average molecular weight is 283 g/mol. The van der Waals surface area contributed by atoms with Crippen LogP contribution in [-0.4, -0.2) is 34.1 Å². The summed E-state index contributed by atoms with van der Waals surface area (Å²) in [5.41, 5.74) is 0.664. The third-order valence-corrected chi connectivity index (χ3v) is 5.02. The van der Waals surface area contributed by atoms with E-state index in [0.29, 0.717) is 16.6 Å². The second kappa shape index (κ2) is 5.90. The first kappa shape index (κ1) is 14.3. The second-order valence-corrected chi connectivity index (χ2v) is 6.69. The van der Waals surface area contributed by atoms with Crippen molar-refractivity contribution in [3.8, 4) is 0 Å². The number of rotatable bonds is 4. The van der Waals surface area contributed by atoms with Gasteiger partial charge in [0.15, 0.2) is 0 Å². The summed E-state index contributed by atoms with van der Waals surface area (Å²) < 4.78 is 26.3. The molecule has 1 aromatic carbocycles. The Morgan fingerprint density at radius 1 is 1.32 bits per heavy atom. The lowest BCUT2D eigenvalue weighted by Crippen LogP contribution is -2.46. The lowest BCUT2D eigenvalue weighted by atomic mass is 9.99. The van der Waals surface area contributed by atoms with Gasteiger partial charge in [0.05, 0.1) is 5.69 Å². The van der Waals surface area contributed by atoms with Crippen LogP contribution in [0.5, 0.6) is 0 Å². The minimum absolute atomic E-state index is 0.252. The van der Waals surface area contributed by atoms with Gasteiger partial charge >= 0.3 is 0 Å². The van der Waals surface area contributed by atoms with E-state index >= 15 is 0 Å². The fourth-order valence-electron chi connectivity index (χ4n) is 2.37. The molecule has 1 aromatic rings. The third kappa shape index (κ3) is 3.26. The smallest absolute Gasteiger partial charge is 0.242 e. The van der Waals surface area contributed by atoms with Crippen LogP contribution in [0.15, 0.2) is 29.2 Å². The van der Waals surface area contributed by atoms with Crippen molar-refractivity contribution in [1.29, 1.82) is 0 Å². The highest BCUT2D eigenvalue weighted by Gasteiger charge is 2.23. The molecule has 2 atom stereocenters. The van der Waals surface area contributed by atoms with Gasteiger partial charge in [0.2, 0.25) is 10.0 Å². The molecule has 2 unspecified atom stereocenters. The Morgan fingerprint density at radius 2 is 2.05 bits per heavy atom. The maximum atomic E-state index is 12.0. The molecule has 1 aliphatic rings. The van der Waals surface area contributed by atoms with Gasteiger partial charge in [-0.2, -0.15) is 0 Å². The lowest BCUT2D eigenvalue weighted by molar-refractivity contribution is 0.389. The zero-order chi connectivity index (χ0) is 13.9. The first-order valence-corrected chi connectivity index (χ1v) is 8.05. The standard InChI is InChI=1S/C13H21N3O2S/c1-10-11(7-5-9-15-10)16-12-6-3-4-8-13(12)19(17,18)14-2/h3-4,6,8,10-11,14-16H,5,7,9H2,1-2H3. The molecule has 0 spiro atoms. The van der Waals surface area contributed by atoms with E-state index < -0.39 is 10.0 Å². The van der Waals surface area contributed by atoms with E-state index in [1.165, 1.54) is 7.05 Å². The summed E-state index contributed by atoms with van der Waals surface area (Å²) in [6.07, 6.45) is 2.14. The molecule has 0 saturated carbocycles. The number of nitrogens with one attached hydrogen (secondary N) is 3. The van der Waals surface area contributed by atoms with Crippen molar-refractivity contribution in [2.45, 2.75) is 36.7 Å². The van der Waals surface area contributed by atoms with E-state index in [1.54, 1.807) is 12.1 Å². The van der Waals surface area contributed by atoms with Crippen molar-refractivity contribution in [1.82, 2.24) is 10.0 Å². The molecule has 0 aliphatic carbocycles. The van der Waals surface area contributed by atoms with Crippen molar-refractivity contribution in [2.75, 3.05) is 18.9 Å². The third-order valence-electron chi connectivity index (χ3n) is 3.55. The predicted molar refractivity (Wildman–Crippen MR) is 76.8 cm³/mol. The summed E-state index contributed by atoms with van der Waals surface area (Å²) in [4.78, 5) is 0.301. The van der Waals surface area contributed by atoms with E-state index in [0.717, 1.165) is 19.4 Å². The predicted octanol–water partition coefficient (Wildman–Crippen LogP) is 1.15. The molecule has 19 heavy (non-hydrogen) atoms. The number of piperidine rings is 1. The summed E-state index contributed by atoms with van der Waals surface area (Å²) in [7, 11) is -2.00. The van der Waals surface area contributed by atoms with E-state index in [-0.39, 0.29) is 6.04 Å². The van der Waals surface area contributed by atoms with Crippen LogP contribution >= 0.6 is 0 Å². The number of hydrogen-bond donors (Lipinski definition) is 3. The topological polar surface area (TPSA) is 70.2 Å². The quantitative estimate of drug-likeness (QED) is 0.775. The molecule has 0 amide bonds. The van der Waals surface area contributed by atoms with Crippen LogP contribution in [-0.2, 0) is 10.0 Å². The average Bonchev–Trinajstić information content (AvgIpc) is 2.42. The molecule has 3 N–H and O–H groups in total. The van der Waals surface area contributed by atoms with Gasteiger partial charge in [0.1, 0.15) is 4.90 Å². The fraction of sp³-hybridized carbons (Fsp3) is 0.538. The van der Waals surface area contributed by atoms with E-state index in [4.69, 9.17) is 0 Å². The Morgan fingerprint density at radius 3 is 2.74 bits per heavy atom. The molecule has 1 heterocycles. The van der Waals surface area contributed by atoms with Crippen molar-refractivity contribution >= 4 is 15.7 Å². The van der Waals surface area contributed by atoms with Crippen LogP contribution in [0, 0.1) is 0 Å². The monoisotopic (exact) mass is 283 g/mol. The Labute approximate surface area is 114 Å². The largest absolute Gasteiger partial charge is 0.380 e. The zero-order valence-corrected chi connectivity index (χ0v) is 12.1. The van der Waals surface area contributed by atoms with Crippen LogP contribution < -0.4 is 15.4 Å². The Balaban J connectivity index is 2.25. The molecule has 1 fully saturated rings. The van der Waals surface area contributed by atoms with E-state index in [9.17, 15) is 8.42 Å². The summed E-state index contributed by atoms with van der Waals surface area (Å²) in [5.74, 6) is 0. The van der Waals surface area contributed by atoms with Gasteiger partial charge in [-0.15, -0.1) is 0 Å². The Hall–Kier alpha value is -1.11. The number of sulfonamides is 1. The summed E-state index contributed by atoms with van der Waals surface area (Å²) >= 11 is 0. The van der Waals surface area contributed by atoms with E-state index in [1.807, 2.05) is 12.1 Å². The Kier molecular flexibility index (Phi) is 4.44. The fourth-order valence-corrected chi connectivity index (χ4v) is 3.27. The lowest BCUT2D eigenvalue weighted by Gasteiger charge is -2.32. The minimum atomic E-state index is -3.43. The van der Waals surface area contributed by atoms with Crippen LogP contribution in [0.4, 0.5) is 5.69 Å². The maximum absolute atomic E-state index is 12.0. The number of anilines is 1. The van der Waals surface area contributed by atoms with Crippen molar-refractivity contribution in [3.05, 3.63) is 24.3 Å². The van der Waals surface area contributed by atoms with Gasteiger partial charge in [-0.05, 0) is 45.5 Å². The first-order chi connectivity index (χ1) is 9.04. The van der Waals surface area contributed by atoms with Gasteiger partial charge < -0.3 is 10.6 Å². The number of hydrogen-bond acceptors (Lipinski definition) is 4. The normalized spacial score (nSPS) is 24.1. The highest BCUT2D eigenvalue weighted by atomic mass is 32.2. The molecular formula is C13H21N3O2S. The second-order valence-electron chi connectivity index (χ2n) is 4.84. The molecule has 5 nitrogen and oxygen atoms in total. The maximum Gasteiger partial charge on any atom is 0.242 e. The SMILES string of the molecule is CNS(=O)(=O)c1ccccc1NC1CCCNC1C. The molecule has 2 rings (SSSR count). The molecule has 1 aliphatic heterocycles. The van der Waals surface area contributed by atoms with Crippen LogP contribution in [0.25, 0.3) is 0 Å². The zero-order valence-electron chi connectivity index (χ0n) is 11.3. The highest BCUT2D eigenvalue weighted by molar-refractivity contribution is 7.89. The van der Waals surface area contributed by atoms with Gasteiger partial charge in [-0.3, -0.25) is 0 Å². The van der Waals surface area contributed by atoms with Crippen molar-refractivity contribution in [2.24, 2.45) is 0 Å². The molecular weight excluding hydrogens is 262 g/mol. The van der Waals surface area contributed by atoms with Crippen LogP contribution in [0.3, 0.4) is 0 Å². The molecule has 106 valence electrons. The molecule has 1 saturated heterocycles. The van der Waals surface area contributed by atoms with Crippen LogP contribution in [0.2, 0.25) is 0 Å². The first-order valence-electron chi connectivity index (χ1n) is 6.57. The summed E-state index contributed by atoms with van der Waals surface area (Å²) in [6, 6.07) is 7.59. The molecule has 0 radical (unpaired) electrons. The Bertz CT molecular complexity index is 530. The van der Waals surface area contributed by atoms with Crippen molar-refractivity contribution in [3.63, 3.8) is 0 Å². The van der Waals surface area contributed by atoms with E-state index in [2.05, 4.69) is 22.3 Å². The summed E-state index contributed by atoms with van der Waals surface area (Å²) in [5, 5.41) is 6.75. The minimum Gasteiger partial charge on any atom is -0.380 e. The summed E-state index contributed by atoms with van der Waals surface area (Å²) in [6.45, 7) is 3.14. The van der Waals surface area contributed by atoms with Crippen LogP contribution in [0.1, 0.15) is 19.8 Å². The van der Waals surface area contributed by atoms with Gasteiger partial charge in [0, 0.05) is 12.1 Å². The molecule has 0 aromatic heterocycles. The van der Waals surface area contributed by atoms with Crippen molar-refractivity contribution < 1.29 is 8.42 Å². The molecule has 0 bridgehead atoms. The number of para-hydroxylation sites is 1. The number of benzene rings is 1. The van der Waals surface area contributed by atoms with Gasteiger partial charge in [-0.1, -0.05) is 12.1 Å².